The maximum atomic E-state index is 12.2. The molecular weight excluding hydrogens is 342 g/mol. The molecule has 0 bridgehead atoms. The lowest BCUT2D eigenvalue weighted by atomic mass is 10.2. The van der Waals surface area contributed by atoms with Crippen LogP contribution in [0.2, 0.25) is 0 Å². The zero-order valence-electron chi connectivity index (χ0n) is 13.6. The van der Waals surface area contributed by atoms with Gasteiger partial charge >= 0.3 is 5.97 Å². The van der Waals surface area contributed by atoms with Crippen LogP contribution in [0.15, 0.2) is 59.5 Å². The molecule has 1 unspecified atom stereocenters. The van der Waals surface area contributed by atoms with Crippen LogP contribution in [0.4, 0.5) is 5.69 Å². The second kappa shape index (κ2) is 9.68. The van der Waals surface area contributed by atoms with Crippen LogP contribution in [0.5, 0.6) is 0 Å². The molecule has 0 aliphatic rings. The third-order valence-electron chi connectivity index (χ3n) is 3.51. The first-order valence-corrected chi connectivity index (χ1v) is 9.21. The lowest BCUT2D eigenvalue weighted by Crippen LogP contribution is -2.06. The predicted molar refractivity (Wildman–Crippen MR) is 94.5 cm³/mol. The third-order valence-corrected chi connectivity index (χ3v) is 5.01. The molecule has 25 heavy (non-hydrogen) atoms. The largest absolute Gasteiger partial charge is 0.461 e. The van der Waals surface area contributed by atoms with Crippen LogP contribution in [0.3, 0.4) is 0 Å². The minimum absolute atomic E-state index is 0.136. The van der Waals surface area contributed by atoms with Gasteiger partial charge in [-0.15, -0.1) is 0 Å². The number of carbonyl (C=O) groups is 1. The molecule has 0 fully saturated rings. The lowest BCUT2D eigenvalue weighted by Gasteiger charge is -2.05. The number of nitro groups is 1. The molecule has 0 heterocycles. The van der Waals surface area contributed by atoms with Crippen molar-refractivity contribution >= 4 is 22.5 Å². The summed E-state index contributed by atoms with van der Waals surface area (Å²) >= 11 is 0. The molecule has 0 aliphatic carbocycles. The van der Waals surface area contributed by atoms with E-state index in [0.717, 1.165) is 5.56 Å². The van der Waals surface area contributed by atoms with Crippen molar-refractivity contribution in [2.75, 3.05) is 5.75 Å². The van der Waals surface area contributed by atoms with Gasteiger partial charge in [-0.25, -0.2) is 0 Å². The summed E-state index contributed by atoms with van der Waals surface area (Å²) in [5.41, 5.74) is 0.788. The Balaban J connectivity index is 1.71. The molecule has 2 aromatic rings. The van der Waals surface area contributed by atoms with Gasteiger partial charge in [0.2, 0.25) is 0 Å². The van der Waals surface area contributed by atoms with E-state index in [0.29, 0.717) is 12.8 Å². The molecule has 0 N–H and O–H groups in total. The first-order valence-electron chi connectivity index (χ1n) is 7.89. The molecule has 2 aromatic carbocycles. The second-order valence-corrected chi connectivity index (χ2v) is 6.92. The summed E-state index contributed by atoms with van der Waals surface area (Å²) in [5, 5.41) is 10.9. The Morgan fingerprint density at radius 2 is 1.72 bits per heavy atom. The SMILES string of the molecule is O=C(CCCCS(=O)c1ccccc1[N+](=O)[O-])OCc1ccccc1. The van der Waals surface area contributed by atoms with Crippen LogP contribution in [-0.4, -0.2) is 20.9 Å². The van der Waals surface area contributed by atoms with E-state index in [9.17, 15) is 19.1 Å². The van der Waals surface area contributed by atoms with E-state index in [1.807, 2.05) is 30.3 Å². The van der Waals surface area contributed by atoms with Gasteiger partial charge in [-0.05, 0) is 24.5 Å². The molecule has 132 valence electrons. The van der Waals surface area contributed by atoms with E-state index in [4.69, 9.17) is 4.74 Å². The Bertz CT molecular complexity index is 748. The quantitative estimate of drug-likeness (QED) is 0.295. The van der Waals surface area contributed by atoms with Crippen molar-refractivity contribution in [3.05, 3.63) is 70.3 Å². The van der Waals surface area contributed by atoms with E-state index >= 15 is 0 Å². The lowest BCUT2D eigenvalue weighted by molar-refractivity contribution is -0.387. The van der Waals surface area contributed by atoms with Crippen molar-refractivity contribution in [3.8, 4) is 0 Å². The first kappa shape index (κ1) is 18.8. The number of rotatable bonds is 9. The fraction of sp³-hybridized carbons (Fsp3) is 0.278. The van der Waals surface area contributed by atoms with E-state index in [1.54, 1.807) is 12.1 Å². The number of esters is 1. The van der Waals surface area contributed by atoms with Crippen LogP contribution < -0.4 is 0 Å². The van der Waals surface area contributed by atoms with E-state index in [1.165, 1.54) is 12.1 Å². The van der Waals surface area contributed by atoms with Gasteiger partial charge in [0.25, 0.3) is 5.69 Å². The Hall–Kier alpha value is -2.54. The van der Waals surface area contributed by atoms with Gasteiger partial charge in [-0.1, -0.05) is 42.5 Å². The van der Waals surface area contributed by atoms with Gasteiger partial charge in [0.05, 0.1) is 15.7 Å². The number of nitro benzene ring substituents is 1. The molecule has 0 aliphatic heterocycles. The van der Waals surface area contributed by atoms with Crippen LogP contribution in [-0.2, 0) is 26.9 Å². The number of unbranched alkanes of at least 4 members (excludes halogenated alkanes) is 1. The maximum absolute atomic E-state index is 12.2. The molecular formula is C18H19NO5S. The Kier molecular flexibility index (Phi) is 7.28. The van der Waals surface area contributed by atoms with Crippen molar-refractivity contribution in [1.29, 1.82) is 0 Å². The minimum atomic E-state index is -1.46. The summed E-state index contributed by atoms with van der Waals surface area (Å²) in [4.78, 5) is 22.3. The summed E-state index contributed by atoms with van der Waals surface area (Å²) in [5.74, 6) is -0.0306. The summed E-state index contributed by atoms with van der Waals surface area (Å²) in [6, 6.07) is 15.4. The van der Waals surface area contributed by atoms with Gasteiger partial charge in [-0.3, -0.25) is 19.1 Å². The molecule has 0 saturated heterocycles. The van der Waals surface area contributed by atoms with Crippen molar-refractivity contribution in [2.45, 2.75) is 30.8 Å². The number of hydrogen-bond acceptors (Lipinski definition) is 5. The summed E-state index contributed by atoms with van der Waals surface area (Å²) < 4.78 is 17.4. The Morgan fingerprint density at radius 1 is 1.04 bits per heavy atom. The summed E-state index contributed by atoms with van der Waals surface area (Å²) in [7, 11) is -1.46. The number of carbonyl (C=O) groups excluding carboxylic acids is 1. The number of nitrogens with zero attached hydrogens (tertiary/aromatic N) is 1. The van der Waals surface area contributed by atoms with Crippen LogP contribution >= 0.6 is 0 Å². The molecule has 2 rings (SSSR count). The van der Waals surface area contributed by atoms with Crippen LogP contribution in [0, 0.1) is 10.1 Å². The molecule has 0 aromatic heterocycles. The minimum Gasteiger partial charge on any atom is -0.461 e. The molecule has 6 nitrogen and oxygen atoms in total. The Morgan fingerprint density at radius 3 is 2.44 bits per heavy atom. The summed E-state index contributed by atoms with van der Waals surface area (Å²) in [6.45, 7) is 0.238. The van der Waals surface area contributed by atoms with Crippen molar-refractivity contribution < 1.29 is 18.7 Å². The molecule has 1 atom stereocenters. The maximum Gasteiger partial charge on any atom is 0.306 e. The van der Waals surface area contributed by atoms with Crippen molar-refractivity contribution in [2.24, 2.45) is 0 Å². The highest BCUT2D eigenvalue weighted by molar-refractivity contribution is 7.85. The molecule has 0 spiro atoms. The predicted octanol–water partition coefficient (Wildman–Crippen LogP) is 3.62. The topological polar surface area (TPSA) is 86.5 Å². The van der Waals surface area contributed by atoms with Gasteiger partial charge in [0.15, 0.2) is 0 Å². The Labute approximate surface area is 148 Å². The first-order chi connectivity index (χ1) is 12.1. The van der Waals surface area contributed by atoms with Gasteiger partial charge < -0.3 is 4.74 Å². The second-order valence-electron chi connectivity index (χ2n) is 5.38. The fourth-order valence-corrected chi connectivity index (χ4v) is 3.52. The number of hydrogen-bond donors (Lipinski definition) is 0. The average Bonchev–Trinajstić information content (AvgIpc) is 2.64. The molecule has 7 heteroatoms. The van der Waals surface area contributed by atoms with E-state index in [-0.39, 0.29) is 35.3 Å². The number of para-hydroxylation sites is 1. The average molecular weight is 361 g/mol. The monoisotopic (exact) mass is 361 g/mol. The van der Waals surface area contributed by atoms with Crippen molar-refractivity contribution in [1.82, 2.24) is 0 Å². The van der Waals surface area contributed by atoms with E-state index < -0.39 is 15.7 Å². The zero-order chi connectivity index (χ0) is 18.1. The standard InChI is InChI=1S/C18H19NO5S/c20-18(24-14-15-8-2-1-3-9-15)12-6-7-13-25(23)17-11-5-4-10-16(17)19(21)22/h1-5,8-11H,6-7,12-14H2. The smallest absolute Gasteiger partial charge is 0.306 e. The molecule has 0 radical (unpaired) electrons. The van der Waals surface area contributed by atoms with Gasteiger partial charge in [-0.2, -0.15) is 0 Å². The number of ether oxygens (including phenoxy) is 1. The highest BCUT2D eigenvalue weighted by Crippen LogP contribution is 2.22. The number of benzene rings is 2. The fourth-order valence-electron chi connectivity index (χ4n) is 2.22. The zero-order valence-corrected chi connectivity index (χ0v) is 14.4. The van der Waals surface area contributed by atoms with Crippen LogP contribution in [0.25, 0.3) is 0 Å². The van der Waals surface area contributed by atoms with Gasteiger partial charge in [0, 0.05) is 18.2 Å². The molecule has 0 amide bonds. The normalized spacial score (nSPS) is 11.7. The highest BCUT2D eigenvalue weighted by Gasteiger charge is 2.17. The van der Waals surface area contributed by atoms with Crippen LogP contribution in [0.1, 0.15) is 24.8 Å². The van der Waals surface area contributed by atoms with E-state index in [2.05, 4.69) is 0 Å². The molecule has 0 saturated carbocycles. The third kappa shape index (κ3) is 6.11. The summed E-state index contributed by atoms with van der Waals surface area (Å²) in [6.07, 6.45) is 1.29. The van der Waals surface area contributed by atoms with Gasteiger partial charge in [0.1, 0.15) is 11.5 Å². The highest BCUT2D eigenvalue weighted by atomic mass is 32.2. The van der Waals surface area contributed by atoms with Crippen molar-refractivity contribution in [3.63, 3.8) is 0 Å².